The number of esters is 1. The zero-order valence-corrected chi connectivity index (χ0v) is 9.27. The predicted molar refractivity (Wildman–Crippen MR) is 62.3 cm³/mol. The molecule has 0 aliphatic carbocycles. The van der Waals surface area contributed by atoms with Crippen LogP contribution in [0.1, 0.15) is 17.9 Å². The summed E-state index contributed by atoms with van der Waals surface area (Å²) in [5, 5.41) is 3.30. The van der Waals surface area contributed by atoms with E-state index in [1.165, 1.54) is 12.7 Å². The molecule has 0 spiro atoms. The number of rotatable bonds is 3. The number of hydrogen-bond donors (Lipinski definition) is 2. The number of hydrogen-bond acceptors (Lipinski definition) is 4. The Morgan fingerprint density at radius 2 is 2.38 bits per heavy atom. The molecule has 1 aromatic carbocycles. The van der Waals surface area contributed by atoms with E-state index < -0.39 is 6.04 Å². The van der Waals surface area contributed by atoms with Crippen molar-refractivity contribution < 1.29 is 9.53 Å². The van der Waals surface area contributed by atoms with Crippen molar-refractivity contribution >= 4 is 11.7 Å². The fourth-order valence-electron chi connectivity index (χ4n) is 2.12. The fraction of sp³-hybridized carbons (Fsp3) is 0.417. The van der Waals surface area contributed by atoms with Gasteiger partial charge in [-0.05, 0) is 18.1 Å². The van der Waals surface area contributed by atoms with Crippen molar-refractivity contribution in [3.05, 3.63) is 29.8 Å². The summed E-state index contributed by atoms with van der Waals surface area (Å²) in [5.74, 6) is -0.0466. The minimum absolute atomic E-state index is 0.297. The van der Waals surface area contributed by atoms with Crippen LogP contribution in [-0.2, 0) is 9.53 Å². The number of methoxy groups -OCH3 is 1. The van der Waals surface area contributed by atoms with Crippen molar-refractivity contribution in [2.24, 2.45) is 5.73 Å². The zero-order valence-electron chi connectivity index (χ0n) is 9.27. The maximum atomic E-state index is 11.2. The Morgan fingerprint density at radius 1 is 1.62 bits per heavy atom. The Kier molecular flexibility index (Phi) is 3.10. The monoisotopic (exact) mass is 220 g/mol. The van der Waals surface area contributed by atoms with Crippen molar-refractivity contribution in [3.63, 3.8) is 0 Å². The van der Waals surface area contributed by atoms with Gasteiger partial charge in [-0.3, -0.25) is 4.79 Å². The van der Waals surface area contributed by atoms with E-state index in [1.54, 1.807) is 0 Å². The van der Waals surface area contributed by atoms with Crippen LogP contribution < -0.4 is 11.1 Å². The maximum absolute atomic E-state index is 11.2. The molecule has 0 aromatic heterocycles. The zero-order chi connectivity index (χ0) is 11.5. The van der Waals surface area contributed by atoms with Crippen molar-refractivity contribution in [1.29, 1.82) is 0 Å². The van der Waals surface area contributed by atoms with E-state index in [-0.39, 0.29) is 5.97 Å². The number of nitrogens with one attached hydrogen (secondary N) is 1. The number of benzene rings is 1. The van der Waals surface area contributed by atoms with Gasteiger partial charge in [0.1, 0.15) is 6.04 Å². The highest BCUT2D eigenvalue weighted by Gasteiger charge is 2.26. The molecule has 0 saturated carbocycles. The Bertz CT molecular complexity index is 392. The van der Waals surface area contributed by atoms with Gasteiger partial charge in [-0.2, -0.15) is 0 Å². The third-order valence-corrected chi connectivity index (χ3v) is 2.98. The van der Waals surface area contributed by atoms with E-state index in [4.69, 9.17) is 5.73 Å². The highest BCUT2D eigenvalue weighted by Crippen LogP contribution is 2.33. The lowest BCUT2D eigenvalue weighted by Crippen LogP contribution is -2.33. The van der Waals surface area contributed by atoms with Gasteiger partial charge in [0.15, 0.2) is 0 Å². The van der Waals surface area contributed by atoms with Crippen molar-refractivity contribution in [2.75, 3.05) is 19.0 Å². The first kappa shape index (κ1) is 11.0. The molecular formula is C12H16N2O2. The highest BCUT2D eigenvalue weighted by atomic mass is 16.5. The second kappa shape index (κ2) is 4.53. The molecule has 2 atom stereocenters. The molecule has 4 nitrogen and oxygen atoms in total. The number of anilines is 1. The van der Waals surface area contributed by atoms with Crippen molar-refractivity contribution in [3.8, 4) is 0 Å². The number of carbonyl (C=O) groups is 1. The summed E-state index contributed by atoms with van der Waals surface area (Å²) >= 11 is 0. The highest BCUT2D eigenvalue weighted by molar-refractivity contribution is 5.75. The summed E-state index contributed by atoms with van der Waals surface area (Å²) in [7, 11) is 1.36. The van der Waals surface area contributed by atoms with Crippen molar-refractivity contribution in [2.45, 2.75) is 18.4 Å². The van der Waals surface area contributed by atoms with E-state index in [9.17, 15) is 4.79 Å². The Hall–Kier alpha value is -1.55. The van der Waals surface area contributed by atoms with E-state index >= 15 is 0 Å². The molecule has 86 valence electrons. The first-order valence-corrected chi connectivity index (χ1v) is 5.38. The number of fused-ring (bicyclic) bond motifs is 1. The van der Waals surface area contributed by atoms with Gasteiger partial charge in [-0.15, -0.1) is 0 Å². The molecule has 1 aromatic rings. The normalized spacial score (nSPS) is 19.8. The first-order chi connectivity index (χ1) is 7.72. The molecule has 1 heterocycles. The van der Waals surface area contributed by atoms with Gasteiger partial charge in [0.25, 0.3) is 0 Å². The molecule has 0 amide bonds. The van der Waals surface area contributed by atoms with E-state index in [2.05, 4.69) is 16.1 Å². The number of carbonyl (C=O) groups excluding carboxylic acids is 1. The van der Waals surface area contributed by atoms with Crippen LogP contribution >= 0.6 is 0 Å². The second-order valence-corrected chi connectivity index (χ2v) is 4.03. The molecule has 4 heteroatoms. The van der Waals surface area contributed by atoms with E-state index in [0.717, 1.165) is 12.2 Å². The van der Waals surface area contributed by atoms with Crippen LogP contribution in [0.4, 0.5) is 5.69 Å². The molecular weight excluding hydrogens is 204 g/mol. The largest absolute Gasteiger partial charge is 0.468 e. The van der Waals surface area contributed by atoms with Crippen LogP contribution in [0.5, 0.6) is 0 Å². The SMILES string of the molecule is COC(=O)[C@H](N)CC1CNc2ccccc21. The standard InChI is InChI=1S/C12H16N2O2/c1-16-12(15)10(13)6-8-7-14-11-5-3-2-4-9(8)11/h2-5,8,10,14H,6-7,13H2,1H3/t8?,10-/m1/s1. The lowest BCUT2D eigenvalue weighted by Gasteiger charge is -2.14. The van der Waals surface area contributed by atoms with Crippen LogP contribution in [0.2, 0.25) is 0 Å². The smallest absolute Gasteiger partial charge is 0.322 e. The first-order valence-electron chi connectivity index (χ1n) is 5.38. The molecule has 0 fully saturated rings. The lowest BCUT2D eigenvalue weighted by atomic mass is 9.94. The minimum atomic E-state index is -0.539. The van der Waals surface area contributed by atoms with Gasteiger partial charge in [-0.1, -0.05) is 18.2 Å². The lowest BCUT2D eigenvalue weighted by molar-refractivity contribution is -0.142. The van der Waals surface area contributed by atoms with Crippen LogP contribution in [0.25, 0.3) is 0 Å². The van der Waals surface area contributed by atoms with Crippen LogP contribution in [0.15, 0.2) is 24.3 Å². The topological polar surface area (TPSA) is 64.3 Å². The summed E-state index contributed by atoms with van der Waals surface area (Å²) in [5.41, 5.74) is 8.14. The number of nitrogens with two attached hydrogens (primary N) is 1. The summed E-state index contributed by atoms with van der Waals surface area (Å²) in [6.45, 7) is 0.837. The fourth-order valence-corrected chi connectivity index (χ4v) is 2.12. The summed E-state index contributed by atoms with van der Waals surface area (Å²) in [6, 6.07) is 7.57. The molecule has 0 radical (unpaired) electrons. The number of ether oxygens (including phenoxy) is 1. The van der Waals surface area contributed by atoms with Gasteiger partial charge < -0.3 is 15.8 Å². The average Bonchev–Trinajstić information content (AvgIpc) is 2.72. The number of para-hydroxylation sites is 1. The average molecular weight is 220 g/mol. The van der Waals surface area contributed by atoms with Gasteiger partial charge >= 0.3 is 5.97 Å². The quantitative estimate of drug-likeness (QED) is 0.748. The predicted octanol–water partition coefficient (Wildman–Crippen LogP) is 1.09. The van der Waals surface area contributed by atoms with Crippen molar-refractivity contribution in [1.82, 2.24) is 0 Å². The molecule has 0 bridgehead atoms. The van der Waals surface area contributed by atoms with E-state index in [0.29, 0.717) is 12.3 Å². The van der Waals surface area contributed by atoms with Crippen LogP contribution in [-0.4, -0.2) is 25.7 Å². The Labute approximate surface area is 94.8 Å². The summed E-state index contributed by atoms with van der Waals surface area (Å²) in [4.78, 5) is 11.2. The minimum Gasteiger partial charge on any atom is -0.468 e. The van der Waals surface area contributed by atoms with Crippen LogP contribution in [0, 0.1) is 0 Å². The maximum Gasteiger partial charge on any atom is 0.322 e. The third-order valence-electron chi connectivity index (χ3n) is 2.98. The van der Waals surface area contributed by atoms with Gasteiger partial charge in [0.2, 0.25) is 0 Å². The van der Waals surface area contributed by atoms with Gasteiger partial charge in [0, 0.05) is 18.2 Å². The molecule has 1 aliphatic heterocycles. The molecule has 16 heavy (non-hydrogen) atoms. The molecule has 1 aliphatic rings. The van der Waals surface area contributed by atoms with Crippen LogP contribution in [0.3, 0.4) is 0 Å². The van der Waals surface area contributed by atoms with Gasteiger partial charge in [-0.25, -0.2) is 0 Å². The van der Waals surface area contributed by atoms with Gasteiger partial charge in [0.05, 0.1) is 7.11 Å². The van der Waals surface area contributed by atoms with E-state index in [1.807, 2.05) is 18.2 Å². The second-order valence-electron chi connectivity index (χ2n) is 4.03. The summed E-state index contributed by atoms with van der Waals surface area (Å²) < 4.78 is 4.63. The summed E-state index contributed by atoms with van der Waals surface area (Å²) in [6.07, 6.45) is 0.622. The molecule has 3 N–H and O–H groups in total. The Balaban J connectivity index is 2.06. The molecule has 2 rings (SSSR count). The Morgan fingerprint density at radius 3 is 3.12 bits per heavy atom. The third kappa shape index (κ3) is 2.02. The molecule has 0 saturated heterocycles. The molecule has 1 unspecified atom stereocenters.